The number of benzene rings is 2. The Balaban J connectivity index is 0.000000596. The molecule has 0 aliphatic carbocycles. The zero-order valence-electron chi connectivity index (χ0n) is 19.6. The summed E-state index contributed by atoms with van der Waals surface area (Å²) in [7, 11) is -0.185. The maximum absolute atomic E-state index is 2.40. The van der Waals surface area contributed by atoms with Gasteiger partial charge in [-0.3, -0.25) is 0 Å². The molecule has 0 atom stereocenters. The van der Waals surface area contributed by atoms with Crippen molar-refractivity contribution in [3.05, 3.63) is 78.4 Å². The van der Waals surface area contributed by atoms with Gasteiger partial charge in [0.25, 0.3) is 0 Å². The van der Waals surface area contributed by atoms with E-state index in [4.69, 9.17) is 0 Å². The summed E-state index contributed by atoms with van der Waals surface area (Å²) >= 11 is 0. The van der Waals surface area contributed by atoms with Crippen molar-refractivity contribution >= 4 is 34.8 Å². The molecule has 0 aromatic heterocycles. The second-order valence-corrected chi connectivity index (χ2v) is 13.6. The topological polar surface area (TPSA) is 0 Å². The van der Waals surface area contributed by atoms with E-state index < -0.39 is 0 Å². The molecule has 0 spiro atoms. The molecule has 4 aromatic carbocycles. The minimum absolute atomic E-state index is 0. The molecule has 164 valence electrons. The van der Waals surface area contributed by atoms with E-state index in [9.17, 15) is 0 Å². The standard InChI is InChI=1S/C17H24P.C10H9.2ClH.Ti/c1-16(2,3)18(17(4,5)6)15-11-13-9-7-8-10-14(13)12-15;1-8-6-9-4-2-3-5-10(9)7-8;;;/h7-12H,1-6H3;2-7H,1H3;2*1H;/q2*-1;;;+4/p-2. The molecule has 0 aliphatic rings. The average molecular weight is 507 g/mol. The molecule has 0 bridgehead atoms. The summed E-state index contributed by atoms with van der Waals surface area (Å²) < 4.78 is 0. The predicted octanol–water partition coefficient (Wildman–Crippen LogP) is 2.14. The summed E-state index contributed by atoms with van der Waals surface area (Å²) in [5.74, 6) is 0. The van der Waals surface area contributed by atoms with Crippen molar-refractivity contribution in [3.8, 4) is 0 Å². The van der Waals surface area contributed by atoms with Gasteiger partial charge >= 0.3 is 21.7 Å². The van der Waals surface area contributed by atoms with Crippen molar-refractivity contribution in [3.63, 3.8) is 0 Å². The first-order chi connectivity index (χ1) is 13.1. The summed E-state index contributed by atoms with van der Waals surface area (Å²) in [6.45, 7) is 16.4. The third-order valence-electron chi connectivity index (χ3n) is 4.96. The van der Waals surface area contributed by atoms with E-state index in [0.29, 0.717) is 10.3 Å². The van der Waals surface area contributed by atoms with Gasteiger partial charge in [0.1, 0.15) is 0 Å². The summed E-state index contributed by atoms with van der Waals surface area (Å²) in [5.41, 5.74) is 1.35. The van der Waals surface area contributed by atoms with E-state index in [0.717, 1.165) is 0 Å². The smallest absolute Gasteiger partial charge is 1.00 e. The van der Waals surface area contributed by atoms with Gasteiger partial charge in [-0.1, -0.05) is 68.5 Å². The number of fused-ring (bicyclic) bond motifs is 2. The van der Waals surface area contributed by atoms with Crippen molar-refractivity contribution in [2.75, 3.05) is 0 Å². The van der Waals surface area contributed by atoms with Gasteiger partial charge in [0.05, 0.1) is 0 Å². The molecular formula is C27H33Cl2PTi. The Morgan fingerprint density at radius 2 is 1.06 bits per heavy atom. The molecule has 31 heavy (non-hydrogen) atoms. The van der Waals surface area contributed by atoms with Crippen molar-refractivity contribution in [2.45, 2.75) is 58.8 Å². The molecule has 4 heteroatoms. The molecule has 0 aliphatic heterocycles. The zero-order valence-corrected chi connectivity index (χ0v) is 23.6. The van der Waals surface area contributed by atoms with Crippen LogP contribution in [0.1, 0.15) is 47.1 Å². The van der Waals surface area contributed by atoms with Gasteiger partial charge in [-0.05, 0) is 10.3 Å². The van der Waals surface area contributed by atoms with Crippen LogP contribution in [-0.4, -0.2) is 10.3 Å². The Morgan fingerprint density at radius 1 is 0.645 bits per heavy atom. The molecule has 0 unspecified atom stereocenters. The second-order valence-electron chi connectivity index (χ2n) is 9.68. The van der Waals surface area contributed by atoms with Gasteiger partial charge in [0.15, 0.2) is 0 Å². The first kappa shape index (κ1) is 30.4. The summed E-state index contributed by atoms with van der Waals surface area (Å²) in [4.78, 5) is 0. The Hall–Kier alpha value is -0.616. The minimum Gasteiger partial charge on any atom is -1.00 e. The van der Waals surface area contributed by atoms with Crippen LogP contribution in [0.3, 0.4) is 0 Å². The van der Waals surface area contributed by atoms with E-state index >= 15 is 0 Å². The van der Waals surface area contributed by atoms with E-state index in [-0.39, 0.29) is 54.5 Å². The summed E-state index contributed by atoms with van der Waals surface area (Å²) in [6, 6.07) is 26.3. The van der Waals surface area contributed by atoms with Crippen LogP contribution in [0.15, 0.2) is 72.8 Å². The first-order valence-electron chi connectivity index (χ1n) is 10.1. The molecule has 0 N–H and O–H groups in total. The van der Waals surface area contributed by atoms with Crippen LogP contribution in [0.5, 0.6) is 0 Å². The predicted molar refractivity (Wildman–Crippen MR) is 130 cm³/mol. The Kier molecular flexibility index (Phi) is 11.8. The van der Waals surface area contributed by atoms with Crippen LogP contribution in [0.25, 0.3) is 21.5 Å². The molecule has 0 fully saturated rings. The molecule has 0 amide bonds. The fourth-order valence-electron chi connectivity index (χ4n) is 4.35. The van der Waals surface area contributed by atoms with Crippen molar-refractivity contribution in [1.29, 1.82) is 0 Å². The maximum Gasteiger partial charge on any atom is 4.00 e. The number of hydrogen-bond acceptors (Lipinski definition) is 0. The van der Waals surface area contributed by atoms with Crippen LogP contribution < -0.4 is 30.1 Å². The summed E-state index contributed by atoms with van der Waals surface area (Å²) in [6.07, 6.45) is 0. The third-order valence-corrected chi connectivity index (χ3v) is 8.42. The van der Waals surface area contributed by atoms with Crippen LogP contribution in [-0.2, 0) is 21.7 Å². The minimum atomic E-state index is -0.185. The Morgan fingerprint density at radius 3 is 1.48 bits per heavy atom. The summed E-state index contributed by atoms with van der Waals surface area (Å²) in [5, 5.41) is 7.70. The average Bonchev–Trinajstić information content (AvgIpc) is 3.14. The van der Waals surface area contributed by atoms with Gasteiger partial charge < -0.3 is 24.8 Å². The third kappa shape index (κ3) is 7.73. The van der Waals surface area contributed by atoms with E-state index in [1.807, 2.05) is 0 Å². The molecule has 0 saturated carbocycles. The van der Waals surface area contributed by atoms with E-state index in [1.54, 1.807) is 5.30 Å². The molecule has 4 aromatic rings. The van der Waals surface area contributed by atoms with Gasteiger partial charge in [-0.15, -0.1) is 80.9 Å². The van der Waals surface area contributed by atoms with Crippen molar-refractivity contribution < 1.29 is 46.5 Å². The van der Waals surface area contributed by atoms with Gasteiger partial charge in [0, 0.05) is 0 Å². The van der Waals surface area contributed by atoms with Crippen molar-refractivity contribution in [2.24, 2.45) is 0 Å². The van der Waals surface area contributed by atoms with Crippen LogP contribution in [0, 0.1) is 6.92 Å². The maximum atomic E-state index is 2.40. The van der Waals surface area contributed by atoms with E-state index in [1.165, 1.54) is 27.1 Å². The molecule has 0 radical (unpaired) electrons. The van der Waals surface area contributed by atoms with E-state index in [2.05, 4.69) is 121 Å². The fourth-order valence-corrected chi connectivity index (χ4v) is 8.45. The molecule has 0 heterocycles. The normalized spacial score (nSPS) is 11.2. The van der Waals surface area contributed by atoms with Gasteiger partial charge in [-0.25, -0.2) is 0 Å². The number of rotatable bonds is 1. The number of halogens is 2. The largest absolute Gasteiger partial charge is 4.00 e. The number of aryl methyl sites for hydroxylation is 1. The molecule has 0 nitrogen and oxygen atoms in total. The Bertz CT molecular complexity index is 984. The molecule has 0 saturated heterocycles. The van der Waals surface area contributed by atoms with Crippen LogP contribution in [0.4, 0.5) is 0 Å². The first-order valence-corrected chi connectivity index (χ1v) is 11.5. The Labute approximate surface area is 217 Å². The number of hydrogen-bond donors (Lipinski definition) is 0. The zero-order chi connectivity index (χ0) is 20.5. The quantitative estimate of drug-likeness (QED) is 0.211. The molecular weight excluding hydrogens is 474 g/mol. The van der Waals surface area contributed by atoms with Crippen molar-refractivity contribution in [1.82, 2.24) is 0 Å². The van der Waals surface area contributed by atoms with Crippen LogP contribution in [0.2, 0.25) is 0 Å². The van der Waals surface area contributed by atoms with Gasteiger partial charge in [-0.2, -0.15) is 12.1 Å². The molecule has 4 rings (SSSR count). The monoisotopic (exact) mass is 506 g/mol. The SMILES string of the molecule is CC(C)(C)P(c1cc2ccccc2[cH-]1)C(C)(C)C.Cc1cc2ccccc2[cH-]1.[Cl-].[Cl-].[Ti+4]. The van der Waals surface area contributed by atoms with Gasteiger partial charge in [0.2, 0.25) is 0 Å². The second kappa shape index (κ2) is 12.0. The fraction of sp³-hybridized carbons (Fsp3) is 0.333. The van der Waals surface area contributed by atoms with Crippen LogP contribution >= 0.6 is 7.92 Å².